The third kappa shape index (κ3) is 3.41. The number of nitrogens with zero attached hydrogens (tertiary/aromatic N) is 1. The van der Waals surface area contributed by atoms with Crippen LogP contribution < -0.4 is 16.2 Å². The van der Waals surface area contributed by atoms with Crippen molar-refractivity contribution in [3.05, 3.63) is 75.7 Å². The number of urea groups is 1. The predicted molar refractivity (Wildman–Crippen MR) is 96.5 cm³/mol. The minimum Gasteiger partial charge on any atom is -0.334 e. The van der Waals surface area contributed by atoms with Gasteiger partial charge in [-0.1, -0.05) is 41.9 Å². The van der Waals surface area contributed by atoms with Crippen molar-refractivity contribution >= 4 is 34.1 Å². The molecule has 3 rings (SSSR count). The summed E-state index contributed by atoms with van der Waals surface area (Å²) in [4.78, 5) is 24.3. The second-order valence-electron chi connectivity index (χ2n) is 5.44. The van der Waals surface area contributed by atoms with E-state index in [9.17, 15) is 9.59 Å². The summed E-state index contributed by atoms with van der Waals surface area (Å²) in [6.45, 7) is 0.357. The van der Waals surface area contributed by atoms with Crippen LogP contribution in [0.4, 0.5) is 10.5 Å². The Labute approximate surface area is 143 Å². The highest BCUT2D eigenvalue weighted by atomic mass is 35.5. The lowest BCUT2D eigenvalue weighted by molar-refractivity contribution is 0.252. The molecule has 1 heterocycles. The van der Waals surface area contributed by atoms with Gasteiger partial charge in [0.1, 0.15) is 0 Å². The second kappa shape index (κ2) is 6.76. The molecule has 0 saturated carbocycles. The molecule has 2 amide bonds. The number of fused-ring (bicyclic) bond motifs is 1. The summed E-state index contributed by atoms with van der Waals surface area (Å²) in [6, 6.07) is 14.1. The van der Waals surface area contributed by atoms with Gasteiger partial charge in [-0.2, -0.15) is 0 Å². The quantitative estimate of drug-likeness (QED) is 0.765. The Morgan fingerprint density at radius 1 is 1.12 bits per heavy atom. The molecule has 2 aromatic carbocycles. The van der Waals surface area contributed by atoms with Crippen LogP contribution in [-0.2, 0) is 13.6 Å². The molecule has 122 valence electrons. The number of anilines is 1. The Hall–Kier alpha value is -2.79. The summed E-state index contributed by atoms with van der Waals surface area (Å²) < 4.78 is 1.45. The minimum absolute atomic E-state index is 0.101. The second-order valence-corrected chi connectivity index (χ2v) is 5.88. The van der Waals surface area contributed by atoms with Crippen molar-refractivity contribution < 1.29 is 4.79 Å². The summed E-state index contributed by atoms with van der Waals surface area (Å²) in [5.41, 5.74) is 1.38. The Balaban J connectivity index is 1.78. The molecule has 3 aromatic rings. The maximum atomic E-state index is 12.2. The zero-order valence-electron chi connectivity index (χ0n) is 13.0. The van der Waals surface area contributed by atoms with Crippen molar-refractivity contribution in [2.24, 2.45) is 7.05 Å². The van der Waals surface area contributed by atoms with Crippen LogP contribution >= 0.6 is 11.6 Å². The van der Waals surface area contributed by atoms with Crippen molar-refractivity contribution in [3.63, 3.8) is 0 Å². The van der Waals surface area contributed by atoms with Crippen LogP contribution in [0.1, 0.15) is 5.56 Å². The van der Waals surface area contributed by atoms with Gasteiger partial charge in [0.25, 0.3) is 5.56 Å². The van der Waals surface area contributed by atoms with E-state index in [2.05, 4.69) is 10.6 Å². The van der Waals surface area contributed by atoms with E-state index in [-0.39, 0.29) is 11.6 Å². The predicted octanol–water partition coefficient (Wildman–Crippen LogP) is 3.51. The van der Waals surface area contributed by atoms with Crippen LogP contribution in [0.25, 0.3) is 10.8 Å². The molecule has 0 unspecified atom stereocenters. The molecule has 5 nitrogen and oxygen atoms in total. The van der Waals surface area contributed by atoms with Gasteiger partial charge in [-0.05, 0) is 23.8 Å². The van der Waals surface area contributed by atoms with Crippen molar-refractivity contribution in [3.8, 4) is 0 Å². The van der Waals surface area contributed by atoms with E-state index in [1.54, 1.807) is 37.5 Å². The van der Waals surface area contributed by atoms with Crippen LogP contribution in [0.15, 0.2) is 59.5 Å². The molecule has 0 fully saturated rings. The van der Waals surface area contributed by atoms with Gasteiger partial charge in [0.2, 0.25) is 0 Å². The van der Waals surface area contributed by atoms with E-state index in [0.29, 0.717) is 28.0 Å². The average Bonchev–Trinajstić information content (AvgIpc) is 2.58. The SMILES string of the molecule is Cn1cc(NC(=O)NCc2cccc(Cl)c2)c2ccccc2c1=O. The molecule has 0 atom stereocenters. The number of nitrogens with one attached hydrogen (secondary N) is 2. The Kier molecular flexibility index (Phi) is 4.53. The number of amides is 2. The molecule has 24 heavy (non-hydrogen) atoms. The van der Waals surface area contributed by atoms with Gasteiger partial charge in [-0.15, -0.1) is 0 Å². The normalized spacial score (nSPS) is 10.6. The highest BCUT2D eigenvalue weighted by molar-refractivity contribution is 6.30. The fraction of sp³-hybridized carbons (Fsp3) is 0.111. The average molecular weight is 342 g/mol. The zero-order chi connectivity index (χ0) is 17.1. The Morgan fingerprint density at radius 2 is 1.88 bits per heavy atom. The fourth-order valence-electron chi connectivity index (χ4n) is 2.51. The van der Waals surface area contributed by atoms with Gasteiger partial charge in [-0.25, -0.2) is 4.79 Å². The van der Waals surface area contributed by atoms with Crippen LogP contribution in [0.2, 0.25) is 5.02 Å². The van der Waals surface area contributed by atoms with E-state index in [0.717, 1.165) is 5.56 Å². The van der Waals surface area contributed by atoms with Crippen molar-refractivity contribution in [2.45, 2.75) is 6.54 Å². The maximum Gasteiger partial charge on any atom is 0.319 e. The number of benzene rings is 2. The van der Waals surface area contributed by atoms with Gasteiger partial charge in [0, 0.05) is 35.6 Å². The zero-order valence-corrected chi connectivity index (χ0v) is 13.8. The lowest BCUT2D eigenvalue weighted by Crippen LogP contribution is -2.29. The van der Waals surface area contributed by atoms with Crippen LogP contribution in [0, 0.1) is 0 Å². The van der Waals surface area contributed by atoms with Crippen molar-refractivity contribution in [1.82, 2.24) is 9.88 Å². The third-order valence-corrected chi connectivity index (χ3v) is 3.92. The lowest BCUT2D eigenvalue weighted by Gasteiger charge is -2.12. The summed E-state index contributed by atoms with van der Waals surface area (Å²) in [7, 11) is 1.66. The summed E-state index contributed by atoms with van der Waals surface area (Å²) in [6.07, 6.45) is 1.61. The van der Waals surface area contributed by atoms with Crippen molar-refractivity contribution in [1.29, 1.82) is 0 Å². The maximum absolute atomic E-state index is 12.2. The molecule has 0 saturated heterocycles. The number of hydrogen-bond acceptors (Lipinski definition) is 2. The molecule has 0 radical (unpaired) electrons. The molecular weight excluding hydrogens is 326 g/mol. The van der Waals surface area contributed by atoms with Crippen LogP contribution in [0.3, 0.4) is 0 Å². The van der Waals surface area contributed by atoms with E-state index < -0.39 is 0 Å². The van der Waals surface area contributed by atoms with Crippen LogP contribution in [-0.4, -0.2) is 10.6 Å². The number of carbonyl (C=O) groups is 1. The topological polar surface area (TPSA) is 63.1 Å². The first-order valence-corrected chi connectivity index (χ1v) is 7.80. The fourth-order valence-corrected chi connectivity index (χ4v) is 2.72. The molecule has 0 bridgehead atoms. The standard InChI is InChI=1S/C18H16ClN3O2/c1-22-11-16(14-7-2-3-8-15(14)17(22)23)21-18(24)20-10-12-5-4-6-13(19)9-12/h2-9,11H,10H2,1H3,(H2,20,21,24). The first-order valence-electron chi connectivity index (χ1n) is 7.42. The highest BCUT2D eigenvalue weighted by Crippen LogP contribution is 2.19. The monoisotopic (exact) mass is 341 g/mol. The highest BCUT2D eigenvalue weighted by Gasteiger charge is 2.09. The smallest absolute Gasteiger partial charge is 0.319 e. The van der Waals surface area contributed by atoms with Gasteiger partial charge in [0.15, 0.2) is 0 Å². The van der Waals surface area contributed by atoms with E-state index in [1.165, 1.54) is 4.57 Å². The molecule has 0 spiro atoms. The van der Waals surface area contributed by atoms with Gasteiger partial charge in [0.05, 0.1) is 5.69 Å². The van der Waals surface area contributed by atoms with E-state index >= 15 is 0 Å². The molecule has 1 aromatic heterocycles. The molecule has 0 aliphatic carbocycles. The number of aryl methyl sites for hydroxylation is 1. The van der Waals surface area contributed by atoms with Gasteiger partial charge in [-0.3, -0.25) is 4.79 Å². The Morgan fingerprint density at radius 3 is 2.62 bits per heavy atom. The first kappa shape index (κ1) is 16.1. The molecular formula is C18H16ClN3O2. The lowest BCUT2D eigenvalue weighted by atomic mass is 10.1. The summed E-state index contributed by atoms with van der Waals surface area (Å²) in [5.74, 6) is 0. The largest absolute Gasteiger partial charge is 0.334 e. The number of carbonyl (C=O) groups excluding carboxylic acids is 1. The van der Waals surface area contributed by atoms with E-state index in [4.69, 9.17) is 11.6 Å². The van der Waals surface area contributed by atoms with Crippen molar-refractivity contribution in [2.75, 3.05) is 5.32 Å². The number of aromatic nitrogens is 1. The molecule has 0 aliphatic heterocycles. The van der Waals surface area contributed by atoms with Gasteiger partial charge >= 0.3 is 6.03 Å². The van der Waals surface area contributed by atoms with E-state index in [1.807, 2.05) is 24.3 Å². The number of rotatable bonds is 3. The number of pyridine rings is 1. The molecule has 2 N–H and O–H groups in total. The third-order valence-electron chi connectivity index (χ3n) is 3.68. The number of hydrogen-bond donors (Lipinski definition) is 2. The van der Waals surface area contributed by atoms with Gasteiger partial charge < -0.3 is 15.2 Å². The van der Waals surface area contributed by atoms with Crippen LogP contribution in [0.5, 0.6) is 0 Å². The summed E-state index contributed by atoms with van der Waals surface area (Å²) in [5, 5.41) is 7.47. The summed E-state index contributed by atoms with van der Waals surface area (Å²) >= 11 is 5.93. The first-order chi connectivity index (χ1) is 11.5. The molecule has 0 aliphatic rings. The Bertz CT molecular complexity index is 966. The molecule has 6 heteroatoms. The minimum atomic E-state index is -0.348. The number of halogens is 1.